The first kappa shape index (κ1) is 24.1. The summed E-state index contributed by atoms with van der Waals surface area (Å²) in [7, 11) is -3.91. The molecule has 0 bridgehead atoms. The first-order valence-electron chi connectivity index (χ1n) is 11.3. The number of nitrogens with zero attached hydrogens (tertiary/aromatic N) is 1. The summed E-state index contributed by atoms with van der Waals surface area (Å²) < 4.78 is 46.0. The fraction of sp³-hybridized carbons (Fsp3) is 0.154. The van der Waals surface area contributed by atoms with Gasteiger partial charge in [0.25, 0.3) is 0 Å². The summed E-state index contributed by atoms with van der Waals surface area (Å²) in [6, 6.07) is 20.4. The highest BCUT2D eigenvalue weighted by Gasteiger charge is 2.52. The maximum atomic E-state index is 14.1. The van der Waals surface area contributed by atoms with E-state index in [0.717, 1.165) is 10.8 Å². The van der Waals surface area contributed by atoms with Crippen LogP contribution in [-0.2, 0) is 20.2 Å². The highest BCUT2D eigenvalue weighted by atomic mass is 127. The fourth-order valence-electron chi connectivity index (χ4n) is 4.56. The average Bonchev–Trinajstić information content (AvgIpc) is 3.60. The Balaban J connectivity index is 1.36. The number of sulfonamides is 1. The summed E-state index contributed by atoms with van der Waals surface area (Å²) in [5.74, 6) is 0.592. The van der Waals surface area contributed by atoms with E-state index in [2.05, 4.69) is 10.3 Å². The van der Waals surface area contributed by atoms with Crippen molar-refractivity contribution >= 4 is 55.1 Å². The number of carbonyl (C=O) groups is 1. The number of rotatable bonds is 5. The monoisotopic (exact) mass is 631 g/mol. The van der Waals surface area contributed by atoms with Crippen molar-refractivity contribution in [3.8, 4) is 22.8 Å². The fourth-order valence-corrected chi connectivity index (χ4v) is 5.59. The van der Waals surface area contributed by atoms with Crippen LogP contribution >= 0.6 is 22.6 Å². The highest BCUT2D eigenvalue weighted by molar-refractivity contribution is 14.1. The van der Waals surface area contributed by atoms with Crippen LogP contribution in [0.15, 0.2) is 77.7 Å². The Morgan fingerprint density at radius 3 is 2.51 bits per heavy atom. The van der Waals surface area contributed by atoms with Gasteiger partial charge in [-0.3, -0.25) is 4.79 Å². The lowest BCUT2D eigenvalue weighted by Gasteiger charge is -2.17. The van der Waals surface area contributed by atoms with E-state index in [1.807, 2.05) is 24.3 Å². The molecular weight excluding hydrogens is 612 g/mol. The molecule has 3 N–H and O–H groups in total. The zero-order valence-electron chi connectivity index (χ0n) is 19.1. The number of hydrogen-bond donors (Lipinski definition) is 2. The van der Waals surface area contributed by atoms with Gasteiger partial charge in [-0.05, 0) is 54.1 Å². The highest BCUT2D eigenvalue weighted by Crippen LogP contribution is 2.52. The molecule has 8 nitrogen and oxygen atoms in total. The number of nitrogens with one attached hydrogen (secondary N) is 1. The Labute approximate surface area is 225 Å². The van der Waals surface area contributed by atoms with Crippen molar-refractivity contribution < 1.29 is 27.1 Å². The van der Waals surface area contributed by atoms with Crippen LogP contribution in [-0.4, -0.2) is 23.4 Å². The summed E-state index contributed by atoms with van der Waals surface area (Å²) in [5, 5.41) is 9.87. The minimum atomic E-state index is -3.91. The Morgan fingerprint density at radius 2 is 1.76 bits per heavy atom. The lowest BCUT2D eigenvalue weighted by molar-refractivity contribution is -0.118. The van der Waals surface area contributed by atoms with Gasteiger partial charge in [0.2, 0.25) is 15.9 Å². The molecule has 4 aromatic rings. The number of halogens is 2. The van der Waals surface area contributed by atoms with Crippen LogP contribution in [0.4, 0.5) is 10.2 Å². The van der Waals surface area contributed by atoms with E-state index in [1.54, 1.807) is 36.4 Å². The van der Waals surface area contributed by atoms with Crippen LogP contribution in [0, 0.1) is 0 Å². The number of nitrogens with two attached hydrogens (primary N) is 1. The summed E-state index contributed by atoms with van der Waals surface area (Å²) >= 11 is 1.42. The molecule has 1 aliphatic heterocycles. The summed E-state index contributed by atoms with van der Waals surface area (Å²) in [4.78, 5) is 18.1. The number of carbonyl (C=O) groups excluding carboxylic acids is 1. The normalized spacial score (nSPS) is 19.5. The standard InChI is InChI=1S/C26H19FIN3O5S/c27-26(28)35-20-9-8-17(14-21(20)36-26)25(10-11-25)24(32)31-22-13-15-4-1-2-7-19(15)23(30-22)16-5-3-6-18(12-16)37(29,33)34/h1-9,12-14H,10-11H2,(H2,29,33,34)(H,30,31,32). The zero-order chi connectivity index (χ0) is 26.0. The second kappa shape index (κ2) is 8.36. The Bertz CT molecular complexity index is 1710. The molecule has 3 aromatic carbocycles. The Hall–Kier alpha value is -3.29. The Kier molecular flexibility index (Phi) is 5.44. The van der Waals surface area contributed by atoms with Gasteiger partial charge in [-0.25, -0.2) is 18.5 Å². The molecule has 6 rings (SSSR count). The number of amides is 1. The number of alkyl halides is 2. The number of anilines is 1. The van der Waals surface area contributed by atoms with Gasteiger partial charge in [-0.2, -0.15) is 0 Å². The van der Waals surface area contributed by atoms with Crippen molar-refractivity contribution in [2.24, 2.45) is 5.14 Å². The van der Waals surface area contributed by atoms with Crippen molar-refractivity contribution in [3.63, 3.8) is 0 Å². The predicted octanol–water partition coefficient (Wildman–Crippen LogP) is 5.01. The molecule has 37 heavy (non-hydrogen) atoms. The number of ether oxygens (including phenoxy) is 2. The quantitative estimate of drug-likeness (QED) is 0.236. The van der Waals surface area contributed by atoms with Crippen LogP contribution in [0.25, 0.3) is 22.0 Å². The van der Waals surface area contributed by atoms with Crippen LogP contribution in [0.3, 0.4) is 0 Å². The first-order chi connectivity index (χ1) is 17.5. The number of fused-ring (bicyclic) bond motifs is 2. The van der Waals surface area contributed by atoms with E-state index in [-0.39, 0.29) is 22.3 Å². The van der Waals surface area contributed by atoms with Crippen LogP contribution in [0.2, 0.25) is 0 Å². The third kappa shape index (κ3) is 4.40. The maximum absolute atomic E-state index is 14.1. The Morgan fingerprint density at radius 1 is 1.00 bits per heavy atom. The molecule has 0 spiro atoms. The maximum Gasteiger partial charge on any atom is 0.462 e. The zero-order valence-corrected chi connectivity index (χ0v) is 22.0. The molecular formula is C26H19FIN3O5S. The largest absolute Gasteiger partial charge is 0.462 e. The summed E-state index contributed by atoms with van der Waals surface area (Å²) in [6.45, 7) is 0. The molecule has 1 aromatic heterocycles. The second-order valence-corrected chi connectivity index (χ2v) is 11.9. The number of pyridine rings is 1. The SMILES string of the molecule is NS(=O)(=O)c1cccc(-c2nc(NC(=O)C3(c4ccc5c(c4)OC(F)(I)O5)CC3)cc3ccccc23)c1. The van der Waals surface area contributed by atoms with Crippen molar-refractivity contribution in [1.29, 1.82) is 0 Å². The van der Waals surface area contributed by atoms with E-state index < -0.39 is 19.5 Å². The molecule has 0 radical (unpaired) electrons. The molecule has 2 aliphatic rings. The van der Waals surface area contributed by atoms with Gasteiger partial charge in [0, 0.05) is 10.9 Å². The molecule has 1 unspecified atom stereocenters. The van der Waals surface area contributed by atoms with Gasteiger partial charge in [0.05, 0.1) is 38.6 Å². The van der Waals surface area contributed by atoms with Gasteiger partial charge in [-0.1, -0.05) is 42.5 Å². The molecule has 11 heteroatoms. The van der Waals surface area contributed by atoms with Gasteiger partial charge in [-0.15, -0.1) is 4.39 Å². The molecule has 188 valence electrons. The topological polar surface area (TPSA) is 121 Å². The number of aromatic nitrogens is 1. The lowest BCUT2D eigenvalue weighted by atomic mass is 9.94. The van der Waals surface area contributed by atoms with Crippen LogP contribution in [0.5, 0.6) is 11.5 Å². The van der Waals surface area contributed by atoms with Gasteiger partial charge in [0.1, 0.15) is 5.82 Å². The van der Waals surface area contributed by atoms with Crippen molar-refractivity contribution in [3.05, 3.63) is 78.4 Å². The predicted molar refractivity (Wildman–Crippen MR) is 144 cm³/mol. The first-order valence-corrected chi connectivity index (χ1v) is 13.9. The van der Waals surface area contributed by atoms with Gasteiger partial charge >= 0.3 is 4.05 Å². The smallest absolute Gasteiger partial charge is 0.415 e. The second-order valence-electron chi connectivity index (χ2n) is 9.02. The summed E-state index contributed by atoms with van der Waals surface area (Å²) in [5.41, 5.74) is 0.951. The molecule has 1 aliphatic carbocycles. The van der Waals surface area contributed by atoms with E-state index in [0.29, 0.717) is 35.5 Å². The van der Waals surface area contributed by atoms with E-state index >= 15 is 0 Å². The number of hydrogen-bond acceptors (Lipinski definition) is 6. The molecule has 1 amide bonds. The van der Waals surface area contributed by atoms with Gasteiger partial charge < -0.3 is 14.8 Å². The van der Waals surface area contributed by atoms with E-state index in [4.69, 9.17) is 14.6 Å². The average molecular weight is 631 g/mol. The van der Waals surface area contributed by atoms with E-state index in [1.165, 1.54) is 34.7 Å². The molecule has 1 atom stereocenters. The molecule has 1 fully saturated rings. The van der Waals surface area contributed by atoms with Crippen molar-refractivity contribution in [1.82, 2.24) is 4.98 Å². The molecule has 1 saturated carbocycles. The van der Waals surface area contributed by atoms with Crippen LogP contribution in [0.1, 0.15) is 18.4 Å². The molecule has 2 heterocycles. The van der Waals surface area contributed by atoms with Crippen molar-refractivity contribution in [2.45, 2.75) is 27.2 Å². The lowest BCUT2D eigenvalue weighted by Crippen LogP contribution is -2.28. The molecule has 0 saturated heterocycles. The summed E-state index contributed by atoms with van der Waals surface area (Å²) in [6.07, 6.45) is 1.22. The third-order valence-corrected chi connectivity index (χ3v) is 7.91. The van der Waals surface area contributed by atoms with E-state index in [9.17, 15) is 17.6 Å². The number of benzene rings is 3. The van der Waals surface area contributed by atoms with Crippen molar-refractivity contribution in [2.75, 3.05) is 5.32 Å². The van der Waals surface area contributed by atoms with Gasteiger partial charge in [0.15, 0.2) is 11.5 Å². The minimum Gasteiger partial charge on any atom is -0.415 e. The number of primary sulfonamides is 1. The van der Waals surface area contributed by atoms with Crippen LogP contribution < -0.4 is 19.9 Å². The third-order valence-electron chi connectivity index (χ3n) is 6.56. The minimum absolute atomic E-state index is 0.0335.